The van der Waals surface area contributed by atoms with Gasteiger partial charge >= 0.3 is 0 Å². The lowest BCUT2D eigenvalue weighted by molar-refractivity contribution is 0.0736. The molecule has 2 rings (SSSR count). The summed E-state index contributed by atoms with van der Waals surface area (Å²) in [5, 5.41) is 0. The van der Waals surface area contributed by atoms with E-state index in [1.807, 2.05) is 13.0 Å². The maximum atomic E-state index is 12.0. The molecule has 0 spiro atoms. The van der Waals surface area contributed by atoms with E-state index in [0.29, 0.717) is 51.3 Å². The van der Waals surface area contributed by atoms with Crippen LogP contribution in [0.3, 0.4) is 0 Å². The predicted octanol–water partition coefficient (Wildman–Crippen LogP) is 3.45. The second-order valence-corrected chi connectivity index (χ2v) is 10.6. The Morgan fingerprint density at radius 2 is 1.15 bits per heavy atom. The summed E-state index contributed by atoms with van der Waals surface area (Å²) in [5.74, 6) is -0.144. The molecule has 2 aromatic carbocycles. The molecule has 0 aliphatic carbocycles. The molecule has 184 valence electrons. The molecule has 2 aromatic rings. The highest BCUT2D eigenvalue weighted by Gasteiger charge is 2.14. The number of hydrogen-bond donors (Lipinski definition) is 0. The lowest BCUT2D eigenvalue weighted by Crippen LogP contribution is -2.12. The Morgan fingerprint density at radius 1 is 0.636 bits per heavy atom. The van der Waals surface area contributed by atoms with E-state index in [2.05, 4.69) is 0 Å². The van der Waals surface area contributed by atoms with Crippen LogP contribution >= 0.6 is 0 Å². The summed E-state index contributed by atoms with van der Waals surface area (Å²) in [6.45, 7) is 3.76. The average molecular weight is 501 g/mol. The molecule has 0 aromatic heterocycles. The Balaban J connectivity index is 1.41. The number of rotatable bonds is 17. The Morgan fingerprint density at radius 3 is 1.73 bits per heavy atom. The maximum absolute atomic E-state index is 12.0. The molecular weight excluding hydrogens is 468 g/mol. The van der Waals surface area contributed by atoms with Crippen molar-refractivity contribution in [2.45, 2.75) is 36.8 Å². The molecule has 0 unspecified atom stereocenters. The van der Waals surface area contributed by atoms with Crippen molar-refractivity contribution in [1.82, 2.24) is 0 Å². The molecule has 0 amide bonds. The maximum Gasteiger partial charge on any atom is 0.296 e. The minimum Gasteiger partial charge on any atom is -0.381 e. The largest absolute Gasteiger partial charge is 0.381 e. The highest BCUT2D eigenvalue weighted by atomic mass is 32.2. The summed E-state index contributed by atoms with van der Waals surface area (Å²) < 4.78 is 68.8. The Kier molecular flexibility index (Phi) is 12.0. The lowest BCUT2D eigenvalue weighted by atomic mass is 10.2. The molecule has 0 saturated carbocycles. The summed E-state index contributed by atoms with van der Waals surface area (Å²) in [6.07, 6.45) is 1.61. The molecule has 0 saturated heterocycles. The molecule has 0 atom stereocenters. The van der Waals surface area contributed by atoms with Crippen molar-refractivity contribution in [2.24, 2.45) is 0 Å². The van der Waals surface area contributed by atoms with E-state index >= 15 is 0 Å². The molecule has 0 bridgehead atoms. The third-order valence-electron chi connectivity index (χ3n) is 4.44. The van der Waals surface area contributed by atoms with Gasteiger partial charge < -0.3 is 9.47 Å². The fourth-order valence-corrected chi connectivity index (χ4v) is 4.74. The van der Waals surface area contributed by atoms with Crippen LogP contribution in [0.25, 0.3) is 0 Å². The van der Waals surface area contributed by atoms with Crippen molar-refractivity contribution in [2.75, 3.05) is 39.6 Å². The van der Waals surface area contributed by atoms with Crippen molar-refractivity contribution in [3.8, 4) is 0 Å². The van der Waals surface area contributed by atoms with Gasteiger partial charge in [0.1, 0.15) is 5.75 Å². The van der Waals surface area contributed by atoms with Crippen molar-refractivity contribution in [3.05, 3.63) is 65.7 Å². The zero-order chi connectivity index (χ0) is 24.0. The number of aryl methyl sites for hydroxylation is 1. The van der Waals surface area contributed by atoms with Gasteiger partial charge in [0.15, 0.2) is 0 Å². The van der Waals surface area contributed by atoms with Crippen molar-refractivity contribution in [3.63, 3.8) is 0 Å². The van der Waals surface area contributed by atoms with E-state index in [0.717, 1.165) is 5.56 Å². The molecule has 10 heteroatoms. The van der Waals surface area contributed by atoms with Crippen LogP contribution in [0.15, 0.2) is 59.5 Å². The van der Waals surface area contributed by atoms with Crippen LogP contribution in [0.1, 0.15) is 30.4 Å². The van der Waals surface area contributed by atoms with E-state index < -0.39 is 20.2 Å². The normalized spacial score (nSPS) is 12.2. The molecule has 0 fully saturated rings. The monoisotopic (exact) mass is 500 g/mol. The number of hydrogen-bond acceptors (Lipinski definition) is 8. The molecular formula is C23H32O8S2. The van der Waals surface area contributed by atoms with Gasteiger partial charge in [0, 0.05) is 26.4 Å². The molecule has 0 heterocycles. The molecule has 0 N–H and O–H groups in total. The second kappa shape index (κ2) is 14.4. The summed E-state index contributed by atoms with van der Waals surface area (Å²) in [7, 11) is -7.34. The molecule has 0 radical (unpaired) electrons. The van der Waals surface area contributed by atoms with Crippen LogP contribution in [-0.2, 0) is 43.8 Å². The third kappa shape index (κ3) is 11.7. The quantitative estimate of drug-likeness (QED) is 0.240. The van der Waals surface area contributed by atoms with Crippen LogP contribution in [0.5, 0.6) is 0 Å². The van der Waals surface area contributed by atoms with Crippen LogP contribution < -0.4 is 0 Å². The van der Waals surface area contributed by atoms with E-state index in [1.165, 1.54) is 12.1 Å². The Bertz CT molecular complexity index is 1000. The topological polar surface area (TPSA) is 105 Å². The number of benzene rings is 2. The first-order valence-corrected chi connectivity index (χ1v) is 13.8. The summed E-state index contributed by atoms with van der Waals surface area (Å²) in [4.78, 5) is 0.144. The highest BCUT2D eigenvalue weighted by Crippen LogP contribution is 2.13. The standard InChI is InChI=1S/C23H32O8S2/c1-21-10-12-23(13-11-21)33(26,27)31-19-7-17-29-15-5-14-28-16-6-18-30-32(24,25)20-22-8-3-2-4-9-22/h2-4,8-13H,5-7,14-20H2,1H3. The summed E-state index contributed by atoms with van der Waals surface area (Å²) in [6, 6.07) is 15.4. The molecule has 33 heavy (non-hydrogen) atoms. The van der Waals surface area contributed by atoms with Crippen molar-refractivity contribution < 1.29 is 34.7 Å². The molecule has 0 aliphatic rings. The first-order valence-electron chi connectivity index (χ1n) is 10.8. The van der Waals surface area contributed by atoms with Gasteiger partial charge in [-0.1, -0.05) is 48.0 Å². The van der Waals surface area contributed by atoms with Gasteiger partial charge in [0.2, 0.25) is 0 Å². The second-order valence-electron chi connectivity index (χ2n) is 7.38. The Labute approximate surface area is 197 Å². The minimum atomic E-state index is -3.74. The van der Waals surface area contributed by atoms with Crippen LogP contribution in [-0.4, -0.2) is 56.5 Å². The first kappa shape index (κ1) is 27.4. The lowest BCUT2D eigenvalue weighted by Gasteiger charge is -2.08. The smallest absolute Gasteiger partial charge is 0.296 e. The van der Waals surface area contributed by atoms with E-state index in [9.17, 15) is 16.8 Å². The molecule has 0 aliphatic heterocycles. The van der Waals surface area contributed by atoms with Gasteiger partial charge in [-0.15, -0.1) is 0 Å². The minimum absolute atomic E-state index is 0.0554. The van der Waals surface area contributed by atoms with Gasteiger partial charge in [-0.3, -0.25) is 8.37 Å². The van der Waals surface area contributed by atoms with Crippen LogP contribution in [0, 0.1) is 6.92 Å². The summed E-state index contributed by atoms with van der Waals surface area (Å²) in [5.41, 5.74) is 1.67. The average Bonchev–Trinajstić information content (AvgIpc) is 2.77. The Hall–Kier alpha value is -1.82. The highest BCUT2D eigenvalue weighted by molar-refractivity contribution is 7.86. The zero-order valence-corrected chi connectivity index (χ0v) is 20.5. The van der Waals surface area contributed by atoms with Gasteiger partial charge in [0.05, 0.1) is 18.1 Å². The fourth-order valence-electron chi connectivity index (χ4n) is 2.74. The van der Waals surface area contributed by atoms with E-state index in [1.54, 1.807) is 36.4 Å². The van der Waals surface area contributed by atoms with Crippen LogP contribution in [0.2, 0.25) is 0 Å². The van der Waals surface area contributed by atoms with Gasteiger partial charge in [-0.05, 0) is 43.9 Å². The van der Waals surface area contributed by atoms with Crippen molar-refractivity contribution >= 4 is 20.2 Å². The first-order chi connectivity index (χ1) is 15.8. The zero-order valence-electron chi connectivity index (χ0n) is 18.8. The van der Waals surface area contributed by atoms with Gasteiger partial charge in [-0.2, -0.15) is 16.8 Å². The van der Waals surface area contributed by atoms with E-state index in [-0.39, 0.29) is 23.9 Å². The SMILES string of the molecule is Cc1ccc(S(=O)(=O)OCCCOCCCOCCCOS(=O)(=O)Cc2ccccc2)cc1. The van der Waals surface area contributed by atoms with E-state index in [4.69, 9.17) is 17.8 Å². The predicted molar refractivity (Wildman–Crippen MR) is 125 cm³/mol. The molecule has 8 nitrogen and oxygen atoms in total. The fraction of sp³-hybridized carbons (Fsp3) is 0.478. The van der Waals surface area contributed by atoms with Gasteiger partial charge in [-0.25, -0.2) is 0 Å². The van der Waals surface area contributed by atoms with Crippen molar-refractivity contribution in [1.29, 1.82) is 0 Å². The van der Waals surface area contributed by atoms with Crippen LogP contribution in [0.4, 0.5) is 0 Å². The third-order valence-corrected chi connectivity index (χ3v) is 6.98. The summed E-state index contributed by atoms with van der Waals surface area (Å²) >= 11 is 0. The number of ether oxygens (including phenoxy) is 2. The van der Waals surface area contributed by atoms with Gasteiger partial charge in [0.25, 0.3) is 20.2 Å².